The second kappa shape index (κ2) is 27.5. The molecule has 4 heterocycles. The molecule has 0 radical (unpaired) electrons. The number of hydrogen-bond acceptors (Lipinski definition) is 2. The van der Waals surface area contributed by atoms with Gasteiger partial charge in [0.25, 0.3) is 0 Å². The fourth-order valence-corrected chi connectivity index (χ4v) is 19.9. The van der Waals surface area contributed by atoms with E-state index in [0.29, 0.717) is 0 Å². The van der Waals surface area contributed by atoms with Crippen molar-refractivity contribution < 1.29 is 42.9 Å². The summed E-state index contributed by atoms with van der Waals surface area (Å²) < 4.78 is 2.05. The lowest BCUT2D eigenvalue weighted by Gasteiger charge is -2.41. The molecule has 0 spiro atoms. The van der Waals surface area contributed by atoms with Crippen LogP contribution in [0.5, 0.6) is 0 Å². The first-order valence-electron chi connectivity index (χ1n) is 37.7. The predicted octanol–water partition coefficient (Wildman–Crippen LogP) is 17.5. The number of unbranched alkanes of at least 4 members (excludes halogenated alkanes) is 1. The molecule has 16 aromatic rings. The van der Waals surface area contributed by atoms with Crippen molar-refractivity contribution in [2.75, 3.05) is 39.3 Å². The molecule has 0 saturated carbocycles. The summed E-state index contributed by atoms with van der Waals surface area (Å²) in [5.74, 6) is 0. The number of nitrogens with zero attached hydrogens (tertiary/aromatic N) is 4. The molecule has 0 saturated heterocycles. The highest BCUT2D eigenvalue weighted by Gasteiger charge is 2.39. The van der Waals surface area contributed by atoms with Crippen molar-refractivity contribution in [3.05, 3.63) is 336 Å². The van der Waals surface area contributed by atoms with Gasteiger partial charge in [-0.1, -0.05) is 291 Å². The average Bonchev–Trinajstić information content (AvgIpc) is 1.60. The van der Waals surface area contributed by atoms with E-state index in [0.717, 1.165) is 126 Å². The standard InChI is InChI=1S/C98H84N4.2BrH/c1-9-29-83-67(21-1)37-45-75-59-99(60-76-46-38-68-22-2-10-30-84(68)92(76)91(75)83)53-19-57-101(63-79-49-41-71-25-5-13-33-87(71)95(79)96-80(64-101)50-42-72-26-6-14-34-88(72)96)55-17-18-56-102(65-81-51-43-73-27-7-15-35-89(73)97(81)98-82(66-102)52-44-74-28-8-16-36-90(74)98)58-20-54-100-61-77-47-39-69-23-3-11-31-85(69)93(77)94-78(62-100)48-40-70-24-4-12-32-86(70)94;;/h1-16,21-52H,17-20,53-66H2;2*1H/q+2;;/p-2. The van der Waals surface area contributed by atoms with E-state index in [-0.39, 0.29) is 34.0 Å². The summed E-state index contributed by atoms with van der Waals surface area (Å²) in [7, 11) is 0. The van der Waals surface area contributed by atoms with Gasteiger partial charge in [-0.25, -0.2) is 0 Å². The van der Waals surface area contributed by atoms with E-state index in [2.05, 4.69) is 301 Å². The quantitative estimate of drug-likeness (QED) is 0.0838. The summed E-state index contributed by atoms with van der Waals surface area (Å²) in [6.07, 6.45) is 4.50. The molecule has 4 aliphatic heterocycles. The average molecular weight is 1480 g/mol. The molecule has 6 heteroatoms. The summed E-state index contributed by atoms with van der Waals surface area (Å²) >= 11 is 0. The Hall–Kier alpha value is -9.60. The first-order valence-corrected chi connectivity index (χ1v) is 37.7. The van der Waals surface area contributed by atoms with E-state index in [4.69, 9.17) is 0 Å². The van der Waals surface area contributed by atoms with Crippen LogP contribution in [-0.2, 0) is 52.4 Å². The van der Waals surface area contributed by atoms with Gasteiger partial charge in [-0.3, -0.25) is 9.80 Å². The van der Waals surface area contributed by atoms with E-state index >= 15 is 0 Å². The molecule has 0 amide bonds. The summed E-state index contributed by atoms with van der Waals surface area (Å²) in [5.41, 5.74) is 23.2. The predicted molar refractivity (Wildman–Crippen MR) is 429 cm³/mol. The highest BCUT2D eigenvalue weighted by molar-refractivity contribution is 6.12. The first-order chi connectivity index (χ1) is 50.4. The van der Waals surface area contributed by atoms with E-state index in [1.165, 1.54) is 175 Å². The number of rotatable bonds is 13. The van der Waals surface area contributed by atoms with Gasteiger partial charge < -0.3 is 42.9 Å². The van der Waals surface area contributed by atoms with Crippen LogP contribution in [0.4, 0.5) is 0 Å². The Morgan fingerprint density at radius 2 is 0.365 bits per heavy atom. The van der Waals surface area contributed by atoms with Gasteiger partial charge in [-0.05, 0) is 153 Å². The van der Waals surface area contributed by atoms with Gasteiger partial charge in [0.1, 0.15) is 26.2 Å². The lowest BCUT2D eigenvalue weighted by atomic mass is 9.88. The van der Waals surface area contributed by atoms with E-state index in [1.807, 2.05) is 0 Å². The maximum absolute atomic E-state index is 2.80. The Morgan fingerprint density at radius 3 is 0.577 bits per heavy atom. The highest BCUT2D eigenvalue weighted by atomic mass is 79.9. The number of halogens is 2. The molecule has 0 aromatic heterocycles. The molecule has 0 aliphatic carbocycles. The SMILES string of the molecule is [Br-].[Br-].c1ccc2c3c(ccc2c1)CN(CCC[N+]1(CCCC[N+]2(CCCN4Cc5ccc6ccccc6c5-c5c(ccc6ccccc56)C4)Cc4ccc5ccccc5c4-c4c(ccc5ccccc45)C2)Cc2ccc4ccccc4c2-c2c(ccc4ccccc24)C1)Cc1ccc2ccccc2c1-3. The molecule has 0 N–H and O–H groups in total. The van der Waals surface area contributed by atoms with Crippen molar-refractivity contribution >= 4 is 86.2 Å². The third-order valence-electron chi connectivity index (χ3n) is 24.4. The Bertz CT molecular complexity index is 5330. The van der Waals surface area contributed by atoms with Crippen LogP contribution in [0.15, 0.2) is 291 Å². The van der Waals surface area contributed by atoms with E-state index < -0.39 is 0 Å². The Balaban J connectivity index is 0.00000385. The van der Waals surface area contributed by atoms with Gasteiger partial charge in [-0.15, -0.1) is 0 Å². The summed E-state index contributed by atoms with van der Waals surface area (Å²) in [6.45, 7) is 14.2. The number of hydrogen-bond donors (Lipinski definition) is 0. The van der Waals surface area contributed by atoms with E-state index in [1.54, 1.807) is 0 Å². The molecule has 4 nitrogen and oxygen atoms in total. The van der Waals surface area contributed by atoms with Crippen molar-refractivity contribution in [1.29, 1.82) is 0 Å². The van der Waals surface area contributed by atoms with Gasteiger partial charge in [0.2, 0.25) is 0 Å². The molecule has 0 bridgehead atoms. The minimum absolute atomic E-state index is 0. The smallest absolute Gasteiger partial charge is 0.105 e. The largest absolute Gasteiger partial charge is 1.00 e. The van der Waals surface area contributed by atoms with Gasteiger partial charge >= 0.3 is 0 Å². The number of benzene rings is 16. The van der Waals surface area contributed by atoms with E-state index in [9.17, 15) is 0 Å². The van der Waals surface area contributed by atoms with Gasteiger partial charge in [0, 0.05) is 87.2 Å². The van der Waals surface area contributed by atoms with Crippen LogP contribution in [0, 0.1) is 0 Å². The van der Waals surface area contributed by atoms with Gasteiger partial charge in [0.05, 0.1) is 26.2 Å². The second-order valence-corrected chi connectivity index (χ2v) is 30.6. The monoisotopic (exact) mass is 1470 g/mol. The molecular weight excluding hydrogens is 1390 g/mol. The molecule has 4 aliphatic rings. The number of quaternary nitrogens is 2. The molecule has 0 atom stereocenters. The van der Waals surface area contributed by atoms with Crippen molar-refractivity contribution in [1.82, 2.24) is 9.80 Å². The third kappa shape index (κ3) is 11.7. The second-order valence-electron chi connectivity index (χ2n) is 30.6. The van der Waals surface area contributed by atoms with Crippen LogP contribution in [0.1, 0.15) is 70.2 Å². The third-order valence-corrected chi connectivity index (χ3v) is 24.4. The lowest BCUT2D eigenvalue weighted by molar-refractivity contribution is -0.959. The van der Waals surface area contributed by atoms with Gasteiger partial charge in [-0.2, -0.15) is 0 Å². The molecular formula is C98H84Br2N4. The fraction of sp³-hybridized carbons (Fsp3) is 0.184. The zero-order valence-electron chi connectivity index (χ0n) is 59.0. The van der Waals surface area contributed by atoms with Crippen molar-refractivity contribution in [3.8, 4) is 44.5 Å². The fourth-order valence-electron chi connectivity index (χ4n) is 19.9. The van der Waals surface area contributed by atoms with Crippen LogP contribution in [0.25, 0.3) is 131 Å². The molecule has 510 valence electrons. The molecule has 104 heavy (non-hydrogen) atoms. The van der Waals surface area contributed by atoms with Crippen LogP contribution in [0.3, 0.4) is 0 Å². The van der Waals surface area contributed by atoms with Crippen molar-refractivity contribution in [2.24, 2.45) is 0 Å². The molecule has 16 aromatic carbocycles. The minimum atomic E-state index is 0. The molecule has 20 rings (SSSR count). The summed E-state index contributed by atoms with van der Waals surface area (Å²) in [4.78, 5) is 5.60. The summed E-state index contributed by atoms with van der Waals surface area (Å²) in [6, 6.07) is 112. The zero-order valence-corrected chi connectivity index (χ0v) is 62.2. The van der Waals surface area contributed by atoms with Crippen LogP contribution >= 0.6 is 0 Å². The Kier molecular flexibility index (Phi) is 17.5. The summed E-state index contributed by atoms with van der Waals surface area (Å²) in [5, 5.41) is 21.5. The number of fused-ring (bicyclic) bond motifs is 28. The van der Waals surface area contributed by atoms with Gasteiger partial charge in [0.15, 0.2) is 0 Å². The lowest BCUT2D eigenvalue weighted by Crippen LogP contribution is -3.00. The topological polar surface area (TPSA) is 6.48 Å². The van der Waals surface area contributed by atoms with Crippen LogP contribution in [0.2, 0.25) is 0 Å². The van der Waals surface area contributed by atoms with Crippen molar-refractivity contribution in [2.45, 2.75) is 78.0 Å². The van der Waals surface area contributed by atoms with Crippen LogP contribution < -0.4 is 34.0 Å². The first kappa shape index (κ1) is 66.4. The van der Waals surface area contributed by atoms with Crippen LogP contribution in [-0.4, -0.2) is 58.0 Å². The normalized spacial score (nSPS) is 15.1. The molecule has 0 unspecified atom stereocenters. The maximum atomic E-state index is 2.80. The Labute approximate surface area is 631 Å². The zero-order chi connectivity index (χ0) is 67.3. The Morgan fingerprint density at radius 1 is 0.192 bits per heavy atom. The molecule has 0 fully saturated rings. The highest BCUT2D eigenvalue weighted by Crippen LogP contribution is 2.49. The maximum Gasteiger partial charge on any atom is 0.105 e. The minimum Gasteiger partial charge on any atom is -1.00 e. The van der Waals surface area contributed by atoms with Crippen molar-refractivity contribution in [3.63, 3.8) is 0 Å².